The lowest BCUT2D eigenvalue weighted by Crippen LogP contribution is -2.14. The molecule has 1 amide bonds. The summed E-state index contributed by atoms with van der Waals surface area (Å²) in [5, 5.41) is 3.31. The van der Waals surface area contributed by atoms with Gasteiger partial charge in [0.15, 0.2) is 0 Å². The number of nitrogens with two attached hydrogens (primary N) is 1. The predicted octanol–water partition coefficient (Wildman–Crippen LogP) is 2.86. The molecule has 18 heavy (non-hydrogen) atoms. The van der Waals surface area contributed by atoms with Crippen LogP contribution in [0.15, 0.2) is 41.0 Å². The lowest BCUT2D eigenvalue weighted by Gasteiger charge is -2.16. The molecule has 3 N–H and O–H groups in total. The number of nitrogens with one attached hydrogen (secondary N) is 1. The quantitative estimate of drug-likeness (QED) is 0.868. The van der Waals surface area contributed by atoms with Gasteiger partial charge in [0.05, 0.1) is 12.3 Å². The second-order valence-electron chi connectivity index (χ2n) is 4.22. The van der Waals surface area contributed by atoms with Crippen molar-refractivity contribution in [1.29, 1.82) is 0 Å². The third-order valence-corrected chi connectivity index (χ3v) is 2.94. The summed E-state index contributed by atoms with van der Waals surface area (Å²) >= 11 is 0. The van der Waals surface area contributed by atoms with E-state index in [1.165, 1.54) is 0 Å². The first-order valence-corrected chi connectivity index (χ1v) is 5.79. The highest BCUT2D eigenvalue weighted by atomic mass is 16.3. The number of hydrogen-bond acceptors (Lipinski definition) is 3. The van der Waals surface area contributed by atoms with Crippen LogP contribution in [0.2, 0.25) is 0 Å². The van der Waals surface area contributed by atoms with E-state index in [2.05, 4.69) is 5.32 Å². The fraction of sp³-hybridized carbons (Fsp3) is 0.214. The molecule has 0 fully saturated rings. The van der Waals surface area contributed by atoms with Crippen molar-refractivity contribution in [2.45, 2.75) is 19.9 Å². The molecule has 0 bridgehead atoms. The Bertz CT molecular complexity index is 547. The Morgan fingerprint density at radius 3 is 2.72 bits per heavy atom. The molecule has 1 atom stereocenters. The van der Waals surface area contributed by atoms with Crippen molar-refractivity contribution in [3.8, 4) is 0 Å². The van der Waals surface area contributed by atoms with Gasteiger partial charge in [-0.1, -0.05) is 6.07 Å². The van der Waals surface area contributed by atoms with Crippen LogP contribution < -0.4 is 11.1 Å². The van der Waals surface area contributed by atoms with Gasteiger partial charge in [-0.2, -0.15) is 0 Å². The van der Waals surface area contributed by atoms with Crippen LogP contribution in [0.3, 0.4) is 0 Å². The second kappa shape index (κ2) is 4.96. The molecule has 0 spiro atoms. The van der Waals surface area contributed by atoms with E-state index in [0.717, 1.165) is 17.0 Å². The van der Waals surface area contributed by atoms with Gasteiger partial charge < -0.3 is 15.5 Å². The third kappa shape index (κ3) is 2.37. The SMILES string of the molecule is Cc1c(NC(C)c2ccco2)cccc1C(N)=O. The molecule has 1 heterocycles. The maximum absolute atomic E-state index is 11.3. The van der Waals surface area contributed by atoms with Gasteiger partial charge in [-0.05, 0) is 43.7 Å². The predicted molar refractivity (Wildman–Crippen MR) is 70.4 cm³/mol. The fourth-order valence-electron chi connectivity index (χ4n) is 1.90. The van der Waals surface area contributed by atoms with Crippen LogP contribution in [-0.2, 0) is 0 Å². The average Bonchev–Trinajstić information content (AvgIpc) is 2.85. The minimum absolute atomic E-state index is 0.0295. The molecule has 1 aromatic carbocycles. The van der Waals surface area contributed by atoms with Crippen molar-refractivity contribution >= 4 is 11.6 Å². The van der Waals surface area contributed by atoms with Gasteiger partial charge in [-0.25, -0.2) is 0 Å². The minimum atomic E-state index is -0.415. The Balaban J connectivity index is 2.24. The molecule has 0 aliphatic rings. The van der Waals surface area contributed by atoms with E-state index < -0.39 is 5.91 Å². The maximum atomic E-state index is 11.3. The number of primary amides is 1. The van der Waals surface area contributed by atoms with Crippen LogP contribution in [-0.4, -0.2) is 5.91 Å². The van der Waals surface area contributed by atoms with Crippen LogP contribution >= 0.6 is 0 Å². The third-order valence-electron chi connectivity index (χ3n) is 2.94. The first-order valence-electron chi connectivity index (χ1n) is 5.79. The topological polar surface area (TPSA) is 68.3 Å². The van der Waals surface area contributed by atoms with Crippen molar-refractivity contribution < 1.29 is 9.21 Å². The summed E-state index contributed by atoms with van der Waals surface area (Å²) in [6.07, 6.45) is 1.64. The average molecular weight is 244 g/mol. The molecular formula is C14H16N2O2. The molecule has 94 valence electrons. The number of furan rings is 1. The number of carbonyl (C=O) groups is 1. The molecule has 2 rings (SSSR count). The van der Waals surface area contributed by atoms with Crippen LogP contribution in [0.1, 0.15) is 34.6 Å². The van der Waals surface area contributed by atoms with E-state index in [-0.39, 0.29) is 6.04 Å². The zero-order chi connectivity index (χ0) is 13.1. The van der Waals surface area contributed by atoms with E-state index >= 15 is 0 Å². The molecule has 0 saturated heterocycles. The van der Waals surface area contributed by atoms with Gasteiger partial charge in [-0.3, -0.25) is 4.79 Å². The number of carbonyl (C=O) groups excluding carboxylic acids is 1. The van der Waals surface area contributed by atoms with Gasteiger partial charge in [-0.15, -0.1) is 0 Å². The molecule has 0 saturated carbocycles. The summed E-state index contributed by atoms with van der Waals surface area (Å²) < 4.78 is 5.33. The minimum Gasteiger partial charge on any atom is -0.467 e. The summed E-state index contributed by atoms with van der Waals surface area (Å²) in [6, 6.07) is 9.23. The zero-order valence-corrected chi connectivity index (χ0v) is 10.4. The number of hydrogen-bond donors (Lipinski definition) is 2. The van der Waals surface area contributed by atoms with Crippen molar-refractivity contribution in [2.24, 2.45) is 5.73 Å². The van der Waals surface area contributed by atoms with E-state index in [1.54, 1.807) is 12.3 Å². The fourth-order valence-corrected chi connectivity index (χ4v) is 1.90. The molecular weight excluding hydrogens is 228 g/mol. The Morgan fingerprint density at radius 1 is 1.33 bits per heavy atom. The van der Waals surface area contributed by atoms with Crippen LogP contribution in [0, 0.1) is 6.92 Å². The molecule has 4 heteroatoms. The Hall–Kier alpha value is -2.23. The van der Waals surface area contributed by atoms with Crippen molar-refractivity contribution in [3.63, 3.8) is 0 Å². The van der Waals surface area contributed by atoms with Crippen molar-refractivity contribution in [2.75, 3.05) is 5.32 Å². The number of benzene rings is 1. The second-order valence-corrected chi connectivity index (χ2v) is 4.22. The number of amides is 1. The summed E-state index contributed by atoms with van der Waals surface area (Å²) in [6.45, 7) is 3.87. The van der Waals surface area contributed by atoms with Gasteiger partial charge >= 0.3 is 0 Å². The van der Waals surface area contributed by atoms with Gasteiger partial charge in [0, 0.05) is 11.3 Å². The summed E-state index contributed by atoms with van der Waals surface area (Å²) in [7, 11) is 0. The maximum Gasteiger partial charge on any atom is 0.249 e. The number of anilines is 1. The van der Waals surface area contributed by atoms with E-state index in [1.807, 2.05) is 38.1 Å². The van der Waals surface area contributed by atoms with Crippen LogP contribution in [0.5, 0.6) is 0 Å². The monoisotopic (exact) mass is 244 g/mol. The zero-order valence-electron chi connectivity index (χ0n) is 10.4. The molecule has 0 aliphatic carbocycles. The highest BCUT2D eigenvalue weighted by Crippen LogP contribution is 2.24. The van der Waals surface area contributed by atoms with E-state index in [0.29, 0.717) is 5.56 Å². The Kier molecular flexibility index (Phi) is 3.37. The lowest BCUT2D eigenvalue weighted by atomic mass is 10.1. The largest absolute Gasteiger partial charge is 0.467 e. The highest BCUT2D eigenvalue weighted by Gasteiger charge is 2.12. The molecule has 1 unspecified atom stereocenters. The standard InChI is InChI=1S/C14H16N2O2/c1-9-11(14(15)17)5-3-6-12(9)16-10(2)13-7-4-8-18-13/h3-8,10,16H,1-2H3,(H2,15,17). The molecule has 2 aromatic rings. The van der Waals surface area contributed by atoms with E-state index in [4.69, 9.17) is 10.2 Å². The first kappa shape index (κ1) is 12.2. The highest BCUT2D eigenvalue weighted by molar-refractivity contribution is 5.95. The van der Waals surface area contributed by atoms with Gasteiger partial charge in [0.1, 0.15) is 5.76 Å². The van der Waals surface area contributed by atoms with E-state index in [9.17, 15) is 4.79 Å². The normalized spacial score (nSPS) is 12.1. The van der Waals surface area contributed by atoms with Crippen LogP contribution in [0.25, 0.3) is 0 Å². The van der Waals surface area contributed by atoms with Gasteiger partial charge in [0.25, 0.3) is 0 Å². The molecule has 0 radical (unpaired) electrons. The number of rotatable bonds is 4. The summed E-state index contributed by atoms with van der Waals surface area (Å²) in [5.41, 5.74) is 7.59. The molecule has 4 nitrogen and oxygen atoms in total. The lowest BCUT2D eigenvalue weighted by molar-refractivity contribution is 0.1000. The summed E-state index contributed by atoms with van der Waals surface area (Å²) in [4.78, 5) is 11.3. The molecule has 1 aromatic heterocycles. The summed E-state index contributed by atoms with van der Waals surface area (Å²) in [5.74, 6) is 0.431. The first-order chi connectivity index (χ1) is 8.59. The molecule has 0 aliphatic heterocycles. The van der Waals surface area contributed by atoms with Crippen LogP contribution in [0.4, 0.5) is 5.69 Å². The Morgan fingerprint density at radius 2 is 2.11 bits per heavy atom. The van der Waals surface area contributed by atoms with Gasteiger partial charge in [0.2, 0.25) is 5.91 Å². The Labute approximate surface area is 106 Å². The van der Waals surface area contributed by atoms with Crippen molar-refractivity contribution in [1.82, 2.24) is 0 Å². The smallest absolute Gasteiger partial charge is 0.249 e. The van der Waals surface area contributed by atoms with Crippen molar-refractivity contribution in [3.05, 3.63) is 53.5 Å².